The first kappa shape index (κ1) is 24.3. The summed E-state index contributed by atoms with van der Waals surface area (Å²) in [6.45, 7) is 2.48. The number of aromatic amines is 1. The molecular weight excluding hydrogens is 484 g/mol. The third-order valence-electron chi connectivity index (χ3n) is 5.10. The van der Waals surface area contributed by atoms with Crippen LogP contribution in [0, 0.1) is 6.92 Å². The molecule has 0 aliphatic rings. The quantitative estimate of drug-likeness (QED) is 0.290. The van der Waals surface area contributed by atoms with Crippen LogP contribution in [0.5, 0.6) is 17.2 Å². The molecule has 0 saturated heterocycles. The number of hydrogen-bond donors (Lipinski definition) is 2. The number of nitrogens with zero attached hydrogens (tertiary/aromatic N) is 1. The molecule has 0 aliphatic carbocycles. The Morgan fingerprint density at radius 3 is 2.43 bits per heavy atom. The second-order valence-electron chi connectivity index (χ2n) is 7.62. The first-order valence-electron chi connectivity index (χ1n) is 10.7. The lowest BCUT2D eigenvalue weighted by molar-refractivity contribution is 0.285. The Balaban J connectivity index is 0.000000917. The van der Waals surface area contributed by atoms with Gasteiger partial charge in [0.05, 0.1) is 22.7 Å². The van der Waals surface area contributed by atoms with E-state index in [4.69, 9.17) is 17.9 Å². The van der Waals surface area contributed by atoms with E-state index in [0.29, 0.717) is 18.1 Å². The van der Waals surface area contributed by atoms with E-state index in [1.165, 1.54) is 16.9 Å². The number of fused-ring (bicyclic) bond motifs is 1. The maximum Gasteiger partial charge on any atom is 0.335 e. The lowest BCUT2D eigenvalue weighted by Crippen LogP contribution is -1.96. The minimum atomic E-state index is -0.750. The highest BCUT2D eigenvalue weighted by molar-refractivity contribution is 7.51. The summed E-state index contributed by atoms with van der Waals surface area (Å²) in [4.78, 5) is 8.69. The van der Waals surface area contributed by atoms with Crippen LogP contribution in [0.1, 0.15) is 16.0 Å². The van der Waals surface area contributed by atoms with Crippen molar-refractivity contribution < 1.29 is 23.0 Å². The van der Waals surface area contributed by atoms with Crippen molar-refractivity contribution in [2.45, 2.75) is 20.1 Å². The van der Waals surface area contributed by atoms with E-state index in [9.17, 15) is 5.11 Å². The molecule has 2 heterocycles. The van der Waals surface area contributed by atoms with Crippen LogP contribution < -0.4 is 9.47 Å². The largest absolute Gasteiger partial charge is 0.487 e. The zero-order valence-corrected chi connectivity index (χ0v) is 20.4. The molecule has 0 radical (unpaired) electrons. The minimum Gasteiger partial charge on any atom is -0.487 e. The first-order valence-corrected chi connectivity index (χ1v) is 12.1. The van der Waals surface area contributed by atoms with Gasteiger partial charge in [-0.1, -0.05) is 48.0 Å². The average Bonchev–Trinajstić information content (AvgIpc) is 3.52. The Morgan fingerprint density at radius 1 is 1.00 bits per heavy atom. The third kappa shape index (κ3) is 6.21. The number of aromatic nitrogens is 2. The molecule has 0 spiro atoms. The third-order valence-corrected chi connectivity index (χ3v) is 6.11. The summed E-state index contributed by atoms with van der Waals surface area (Å²) in [6.07, 6.45) is 1.70. The molecule has 3 aromatic carbocycles. The number of hydrogen-bond acceptors (Lipinski definition) is 7. The molecule has 7 nitrogen and oxygen atoms in total. The predicted molar refractivity (Wildman–Crippen MR) is 136 cm³/mol. The van der Waals surface area contributed by atoms with Gasteiger partial charge in [-0.3, -0.25) is 0 Å². The molecule has 2 aromatic heterocycles. The summed E-state index contributed by atoms with van der Waals surface area (Å²) < 4.78 is 28.9. The normalized spacial score (nSPS) is 10.5. The van der Waals surface area contributed by atoms with E-state index in [1.54, 1.807) is 6.20 Å². The van der Waals surface area contributed by atoms with Crippen molar-refractivity contribution in [3.05, 3.63) is 95.0 Å². The van der Waals surface area contributed by atoms with Gasteiger partial charge < -0.3 is 19.6 Å². The highest BCUT2D eigenvalue weighted by Gasteiger charge is 2.14. The van der Waals surface area contributed by atoms with E-state index in [1.807, 2.05) is 79.7 Å². The minimum absolute atomic E-state index is 0.0160. The van der Waals surface area contributed by atoms with Crippen LogP contribution >= 0.6 is 11.3 Å². The molecular formula is C26H22N2O5S2. The number of aryl methyl sites for hydroxylation is 1. The number of thiazole rings is 1. The molecule has 0 saturated carbocycles. The summed E-state index contributed by atoms with van der Waals surface area (Å²) in [5.41, 5.74) is 4.03. The molecule has 35 heavy (non-hydrogen) atoms. The number of ether oxygens (including phenoxy) is 2. The first-order chi connectivity index (χ1) is 17.1. The molecule has 9 heteroatoms. The van der Waals surface area contributed by atoms with Crippen LogP contribution in [0.2, 0.25) is 0 Å². The Morgan fingerprint density at radius 2 is 1.74 bits per heavy atom. The van der Waals surface area contributed by atoms with Crippen molar-refractivity contribution >= 4 is 33.8 Å². The monoisotopic (exact) mass is 506 g/mol. The summed E-state index contributed by atoms with van der Waals surface area (Å²) >= 11 is 0.711. The van der Waals surface area contributed by atoms with Crippen molar-refractivity contribution in [2.24, 2.45) is 0 Å². The van der Waals surface area contributed by atoms with Gasteiger partial charge in [0.15, 0.2) is 0 Å². The van der Waals surface area contributed by atoms with E-state index >= 15 is 0 Å². The zero-order valence-electron chi connectivity index (χ0n) is 18.8. The topological polar surface area (TPSA) is 102 Å². The fraction of sp³-hybridized carbons (Fsp3) is 0.115. The van der Waals surface area contributed by atoms with Gasteiger partial charge in [0.25, 0.3) is 0 Å². The molecule has 5 aromatic rings. The molecule has 2 N–H and O–H groups in total. The van der Waals surface area contributed by atoms with Crippen LogP contribution in [0.25, 0.3) is 21.6 Å². The van der Waals surface area contributed by atoms with Crippen LogP contribution in [0.3, 0.4) is 0 Å². The number of aliphatic hydroxyl groups is 1. The number of H-pyrrole nitrogens is 1. The van der Waals surface area contributed by atoms with Gasteiger partial charge in [-0.05, 0) is 36.8 Å². The molecule has 5 rings (SSSR count). The second-order valence-corrected chi connectivity index (χ2v) is 8.87. The van der Waals surface area contributed by atoms with Gasteiger partial charge in [0, 0.05) is 17.6 Å². The van der Waals surface area contributed by atoms with Crippen LogP contribution in [0.4, 0.5) is 0 Å². The molecule has 178 valence electrons. The number of rotatable bonds is 7. The molecule has 0 aliphatic heterocycles. The highest BCUT2D eigenvalue weighted by atomic mass is 32.1. The Bertz CT molecular complexity index is 1440. The number of nitrogens with one attached hydrogen (secondary N) is 1. The smallest absolute Gasteiger partial charge is 0.335 e. The molecule has 0 amide bonds. The van der Waals surface area contributed by atoms with Gasteiger partial charge >= 0.3 is 11.6 Å². The van der Waals surface area contributed by atoms with Crippen LogP contribution in [-0.2, 0) is 24.8 Å². The van der Waals surface area contributed by atoms with E-state index in [0.717, 1.165) is 37.8 Å². The summed E-state index contributed by atoms with van der Waals surface area (Å²) in [7, 11) is 0. The van der Waals surface area contributed by atoms with Crippen LogP contribution in [-0.4, -0.2) is 23.5 Å². The van der Waals surface area contributed by atoms with E-state index in [2.05, 4.69) is 9.97 Å². The van der Waals surface area contributed by atoms with Crippen molar-refractivity contribution in [3.8, 4) is 28.0 Å². The molecule has 0 fully saturated rings. The lowest BCUT2D eigenvalue weighted by atomic mass is 10.2. The Labute approximate surface area is 209 Å². The highest BCUT2D eigenvalue weighted by Crippen LogP contribution is 2.37. The Kier molecular flexibility index (Phi) is 8.04. The SMILES string of the molecule is Cc1ccc(Oc2cc(OCc3ccccc3)c3[nH]c(-c4ncc(CO)s4)cc3c2)cc1.O=S=O. The van der Waals surface area contributed by atoms with E-state index in [-0.39, 0.29) is 6.61 Å². The fourth-order valence-corrected chi connectivity index (χ4v) is 4.20. The number of aliphatic hydroxyl groups excluding tert-OH is 1. The van der Waals surface area contributed by atoms with Crippen molar-refractivity contribution in [3.63, 3.8) is 0 Å². The molecule has 0 bridgehead atoms. The summed E-state index contributed by atoms with van der Waals surface area (Å²) in [6, 6.07) is 24.0. The lowest BCUT2D eigenvalue weighted by Gasteiger charge is -2.11. The van der Waals surface area contributed by atoms with Crippen LogP contribution in [0.15, 0.2) is 79.0 Å². The van der Waals surface area contributed by atoms with Gasteiger partial charge in [0.2, 0.25) is 0 Å². The maximum absolute atomic E-state index is 9.38. The van der Waals surface area contributed by atoms with Crippen molar-refractivity contribution in [1.82, 2.24) is 9.97 Å². The van der Waals surface area contributed by atoms with Gasteiger partial charge in [-0.15, -0.1) is 11.3 Å². The average molecular weight is 507 g/mol. The zero-order chi connectivity index (χ0) is 24.6. The molecule has 0 unspecified atom stereocenters. The fourth-order valence-electron chi connectivity index (χ4n) is 3.46. The Hall–Kier alpha value is -3.79. The van der Waals surface area contributed by atoms with Gasteiger partial charge in [-0.2, -0.15) is 8.42 Å². The van der Waals surface area contributed by atoms with Crippen molar-refractivity contribution in [2.75, 3.05) is 0 Å². The van der Waals surface area contributed by atoms with E-state index < -0.39 is 11.6 Å². The predicted octanol–water partition coefficient (Wildman–Crippen LogP) is 5.79. The van der Waals surface area contributed by atoms with Crippen molar-refractivity contribution in [1.29, 1.82) is 0 Å². The molecule has 0 atom stereocenters. The van der Waals surface area contributed by atoms with Gasteiger partial charge in [0.1, 0.15) is 28.9 Å². The number of benzene rings is 3. The van der Waals surface area contributed by atoms with Gasteiger partial charge in [-0.25, -0.2) is 4.98 Å². The standard InChI is InChI=1S/C26H22N2O3S.O2S/c1-17-7-9-20(10-8-17)31-21-11-19-12-23(26-27-14-22(15-29)32-26)28-25(19)24(13-21)30-16-18-5-3-2-4-6-18;1-3-2/h2-14,28-29H,15-16H2,1H3;. The second kappa shape index (κ2) is 11.6. The summed E-state index contributed by atoms with van der Waals surface area (Å²) in [5, 5.41) is 11.2. The summed E-state index contributed by atoms with van der Waals surface area (Å²) in [5.74, 6) is 2.18. The maximum atomic E-state index is 9.38.